The highest BCUT2D eigenvalue weighted by molar-refractivity contribution is 5.85. The van der Waals surface area contributed by atoms with Gasteiger partial charge in [-0.3, -0.25) is 4.98 Å². The molecule has 8 nitrogen and oxygen atoms in total. The third kappa shape index (κ3) is 4.60. The van der Waals surface area contributed by atoms with Crippen LogP contribution < -0.4 is 16.0 Å². The Kier molecular flexibility index (Phi) is 6.18. The van der Waals surface area contributed by atoms with Gasteiger partial charge >= 0.3 is 0 Å². The molecular formula is C29H32N8. The summed E-state index contributed by atoms with van der Waals surface area (Å²) in [6, 6.07) is 19.1. The van der Waals surface area contributed by atoms with Gasteiger partial charge in [0, 0.05) is 48.4 Å². The molecule has 1 aliphatic rings. The monoisotopic (exact) mass is 492 g/mol. The van der Waals surface area contributed by atoms with Crippen molar-refractivity contribution in [1.29, 1.82) is 0 Å². The zero-order chi connectivity index (χ0) is 25.4. The van der Waals surface area contributed by atoms with E-state index in [9.17, 15) is 0 Å². The molecule has 6 rings (SSSR count). The highest BCUT2D eigenvalue weighted by Crippen LogP contribution is 2.28. The SMILES string of the molecule is CC(C)c1cnn2c(NCc3ccccc3-c3cc4ccccc4cn3)nc(N3CCC(N)CC3)nc12. The molecule has 188 valence electrons. The first kappa shape index (κ1) is 23.4. The standard InChI is InChI=1S/C29H32N8/c1-19(2)25-18-33-37-27(25)34-29(36-13-11-23(30)12-14-36)35-28(37)32-17-22-9-5-6-10-24(22)26-15-20-7-3-4-8-21(20)16-31-26/h3-10,15-16,18-19,23H,11-14,17,30H2,1-2H3,(H,32,34,35). The van der Waals surface area contributed by atoms with Gasteiger partial charge in [0.2, 0.25) is 11.9 Å². The normalized spacial score (nSPS) is 14.6. The highest BCUT2D eigenvalue weighted by atomic mass is 15.4. The van der Waals surface area contributed by atoms with Crippen molar-refractivity contribution in [2.24, 2.45) is 5.73 Å². The maximum atomic E-state index is 6.15. The number of pyridine rings is 1. The molecule has 0 bridgehead atoms. The van der Waals surface area contributed by atoms with E-state index in [1.54, 1.807) is 0 Å². The molecule has 4 heterocycles. The lowest BCUT2D eigenvalue weighted by molar-refractivity contribution is 0.495. The Morgan fingerprint density at radius 3 is 2.54 bits per heavy atom. The second-order valence-corrected chi connectivity index (χ2v) is 10.1. The molecule has 3 N–H and O–H groups in total. The molecule has 37 heavy (non-hydrogen) atoms. The topological polar surface area (TPSA) is 97.3 Å². The second kappa shape index (κ2) is 9.78. The summed E-state index contributed by atoms with van der Waals surface area (Å²) >= 11 is 0. The number of nitrogens with two attached hydrogens (primary N) is 1. The van der Waals surface area contributed by atoms with E-state index in [0.717, 1.165) is 65.3 Å². The maximum absolute atomic E-state index is 6.15. The summed E-state index contributed by atoms with van der Waals surface area (Å²) in [5.74, 6) is 1.72. The molecule has 3 aromatic heterocycles. The molecule has 1 aliphatic heterocycles. The minimum Gasteiger partial charge on any atom is -0.350 e. The molecular weight excluding hydrogens is 460 g/mol. The summed E-state index contributed by atoms with van der Waals surface area (Å²) < 4.78 is 1.82. The number of nitrogens with zero attached hydrogens (tertiary/aromatic N) is 6. The second-order valence-electron chi connectivity index (χ2n) is 10.1. The number of fused-ring (bicyclic) bond motifs is 2. The number of rotatable bonds is 6. The van der Waals surface area contributed by atoms with Crippen molar-refractivity contribution in [3.8, 4) is 11.3 Å². The summed E-state index contributed by atoms with van der Waals surface area (Å²) in [6.45, 7) is 6.63. The summed E-state index contributed by atoms with van der Waals surface area (Å²) in [7, 11) is 0. The number of aromatic nitrogens is 5. The molecule has 1 saturated heterocycles. The van der Waals surface area contributed by atoms with Gasteiger partial charge in [0.1, 0.15) is 0 Å². The molecule has 0 atom stereocenters. The predicted octanol–water partition coefficient (Wildman–Crippen LogP) is 5.00. The molecule has 8 heteroatoms. The summed E-state index contributed by atoms with van der Waals surface area (Å²) in [5.41, 5.74) is 11.3. The number of hydrogen-bond acceptors (Lipinski definition) is 7. The summed E-state index contributed by atoms with van der Waals surface area (Å²) in [5, 5.41) is 10.5. The molecule has 0 amide bonds. The fraction of sp³-hybridized carbons (Fsp3) is 0.310. The first-order chi connectivity index (χ1) is 18.1. The number of benzene rings is 2. The molecule has 0 saturated carbocycles. The first-order valence-corrected chi connectivity index (χ1v) is 13.0. The van der Waals surface area contributed by atoms with E-state index in [1.807, 2.05) is 23.0 Å². The van der Waals surface area contributed by atoms with Crippen LogP contribution in [0.1, 0.15) is 43.7 Å². The first-order valence-electron chi connectivity index (χ1n) is 13.0. The van der Waals surface area contributed by atoms with Crippen LogP contribution in [0.15, 0.2) is 67.0 Å². The van der Waals surface area contributed by atoms with Gasteiger partial charge in [-0.05, 0) is 35.8 Å². The Hall–Kier alpha value is -4.04. The van der Waals surface area contributed by atoms with E-state index in [1.165, 1.54) is 5.39 Å². The van der Waals surface area contributed by atoms with Gasteiger partial charge in [-0.15, -0.1) is 0 Å². The van der Waals surface area contributed by atoms with Crippen LogP contribution in [0.4, 0.5) is 11.9 Å². The molecule has 0 unspecified atom stereocenters. The van der Waals surface area contributed by atoms with E-state index in [2.05, 4.69) is 77.7 Å². The van der Waals surface area contributed by atoms with Crippen LogP contribution in [-0.2, 0) is 6.54 Å². The van der Waals surface area contributed by atoms with Crippen LogP contribution in [0.25, 0.3) is 27.7 Å². The van der Waals surface area contributed by atoms with Gasteiger partial charge in [0.25, 0.3) is 0 Å². The average molecular weight is 493 g/mol. The minimum atomic E-state index is 0.249. The van der Waals surface area contributed by atoms with Crippen LogP contribution in [0.3, 0.4) is 0 Å². The largest absolute Gasteiger partial charge is 0.350 e. The van der Waals surface area contributed by atoms with E-state index in [0.29, 0.717) is 18.4 Å². The number of hydrogen-bond donors (Lipinski definition) is 2. The lowest BCUT2D eigenvalue weighted by Gasteiger charge is -2.30. The number of anilines is 2. The average Bonchev–Trinajstić information content (AvgIpc) is 3.37. The van der Waals surface area contributed by atoms with E-state index < -0.39 is 0 Å². The van der Waals surface area contributed by atoms with Crippen LogP contribution in [-0.4, -0.2) is 43.7 Å². The molecule has 5 aromatic rings. The predicted molar refractivity (Wildman–Crippen MR) is 149 cm³/mol. The summed E-state index contributed by atoms with van der Waals surface area (Å²) in [6.07, 6.45) is 5.74. The molecule has 2 aromatic carbocycles. The lowest BCUT2D eigenvalue weighted by Crippen LogP contribution is -2.40. The van der Waals surface area contributed by atoms with Crippen molar-refractivity contribution in [1.82, 2.24) is 24.6 Å². The Morgan fingerprint density at radius 1 is 0.973 bits per heavy atom. The van der Waals surface area contributed by atoms with Gasteiger partial charge in [0.05, 0.1) is 11.9 Å². The maximum Gasteiger partial charge on any atom is 0.230 e. The summed E-state index contributed by atoms with van der Waals surface area (Å²) in [4.78, 5) is 16.9. The fourth-order valence-corrected chi connectivity index (χ4v) is 4.98. The van der Waals surface area contributed by atoms with E-state index >= 15 is 0 Å². The third-order valence-corrected chi connectivity index (χ3v) is 7.19. The van der Waals surface area contributed by atoms with Crippen LogP contribution >= 0.6 is 0 Å². The minimum absolute atomic E-state index is 0.249. The Bertz CT molecular complexity index is 1550. The van der Waals surface area contributed by atoms with Gasteiger partial charge in [-0.2, -0.15) is 19.6 Å². The zero-order valence-electron chi connectivity index (χ0n) is 21.3. The Morgan fingerprint density at radius 2 is 1.73 bits per heavy atom. The van der Waals surface area contributed by atoms with Gasteiger partial charge in [-0.1, -0.05) is 62.4 Å². The molecule has 0 radical (unpaired) electrons. The van der Waals surface area contributed by atoms with Crippen molar-refractivity contribution in [3.63, 3.8) is 0 Å². The Labute approximate surface area is 216 Å². The molecule has 1 fully saturated rings. The lowest BCUT2D eigenvalue weighted by atomic mass is 10.0. The van der Waals surface area contributed by atoms with Gasteiger partial charge < -0.3 is 16.0 Å². The smallest absolute Gasteiger partial charge is 0.230 e. The third-order valence-electron chi connectivity index (χ3n) is 7.19. The number of piperidine rings is 1. The van der Waals surface area contributed by atoms with Crippen molar-refractivity contribution < 1.29 is 0 Å². The van der Waals surface area contributed by atoms with Crippen LogP contribution in [0.2, 0.25) is 0 Å². The van der Waals surface area contributed by atoms with Crippen molar-refractivity contribution in [2.45, 2.75) is 45.2 Å². The van der Waals surface area contributed by atoms with Crippen LogP contribution in [0.5, 0.6) is 0 Å². The van der Waals surface area contributed by atoms with Gasteiger partial charge in [-0.25, -0.2) is 0 Å². The Balaban J connectivity index is 1.35. The van der Waals surface area contributed by atoms with Crippen molar-refractivity contribution >= 4 is 28.3 Å². The highest BCUT2D eigenvalue weighted by Gasteiger charge is 2.22. The quantitative estimate of drug-likeness (QED) is 0.344. The van der Waals surface area contributed by atoms with Crippen molar-refractivity contribution in [3.05, 3.63) is 78.1 Å². The number of nitrogens with one attached hydrogen (secondary N) is 1. The van der Waals surface area contributed by atoms with E-state index in [-0.39, 0.29) is 6.04 Å². The fourth-order valence-electron chi connectivity index (χ4n) is 4.98. The molecule has 0 spiro atoms. The van der Waals surface area contributed by atoms with Crippen molar-refractivity contribution in [2.75, 3.05) is 23.3 Å². The zero-order valence-corrected chi connectivity index (χ0v) is 21.3. The van der Waals surface area contributed by atoms with Crippen LogP contribution in [0, 0.1) is 0 Å². The van der Waals surface area contributed by atoms with E-state index in [4.69, 9.17) is 20.7 Å². The molecule has 0 aliphatic carbocycles. The van der Waals surface area contributed by atoms with Gasteiger partial charge in [0.15, 0.2) is 5.65 Å².